The van der Waals surface area contributed by atoms with Crippen LogP contribution in [0.3, 0.4) is 0 Å². The molecule has 0 aromatic heterocycles. The third-order valence-corrected chi connectivity index (χ3v) is 1.92. The molecule has 1 rings (SSSR count). The van der Waals surface area contributed by atoms with E-state index in [0.29, 0.717) is 6.54 Å². The molecule has 1 aliphatic rings. The van der Waals surface area contributed by atoms with Crippen molar-refractivity contribution in [1.29, 1.82) is 0 Å². The van der Waals surface area contributed by atoms with Crippen molar-refractivity contribution in [3.8, 4) is 0 Å². The second-order valence-electron chi connectivity index (χ2n) is 3.12. The van der Waals surface area contributed by atoms with Gasteiger partial charge < -0.3 is 4.90 Å². The van der Waals surface area contributed by atoms with Crippen LogP contribution < -0.4 is 11.5 Å². The summed E-state index contributed by atoms with van der Waals surface area (Å²) in [6.45, 7) is 11.2. The van der Waals surface area contributed by atoms with Crippen molar-refractivity contribution < 1.29 is 4.15 Å². The number of rotatable bonds is 6. The average Bonchev–Trinajstić information content (AvgIpc) is 2.32. The highest BCUT2D eigenvalue weighted by molar-refractivity contribution is 5.57. The lowest BCUT2D eigenvalue weighted by molar-refractivity contribution is 0.244. The molecular formula is C12H19N4. The van der Waals surface area contributed by atoms with Gasteiger partial charge in [-0.15, -0.1) is 19.7 Å². The van der Waals surface area contributed by atoms with E-state index in [0.717, 1.165) is 5.31 Å². The summed E-state index contributed by atoms with van der Waals surface area (Å²) in [7, 11) is 0. The van der Waals surface area contributed by atoms with Gasteiger partial charge >= 0.3 is 0 Å². The van der Waals surface area contributed by atoms with Crippen LogP contribution in [0.15, 0.2) is 43.0 Å². The molecule has 1 heterocycles. The molecule has 4 heteroatoms. The third-order valence-electron chi connectivity index (χ3n) is 1.92. The van der Waals surface area contributed by atoms with E-state index < -0.39 is 12.3 Å². The molecule has 0 saturated heterocycles. The summed E-state index contributed by atoms with van der Waals surface area (Å²) >= 11 is 0. The van der Waals surface area contributed by atoms with Crippen LogP contribution in [0.25, 0.3) is 0 Å². The van der Waals surface area contributed by atoms with Crippen LogP contribution >= 0.6 is 0 Å². The summed E-state index contributed by atoms with van der Waals surface area (Å²) in [4.78, 5) is 5.60. The Balaban J connectivity index is 0.00000324. The zero-order valence-electron chi connectivity index (χ0n) is 12.3. The zero-order valence-corrected chi connectivity index (χ0v) is 9.34. The smallest absolute Gasteiger partial charge is 0.126 e. The lowest BCUT2D eigenvalue weighted by atomic mass is 10.2. The molecule has 87 valence electrons. The lowest BCUT2D eigenvalue weighted by Crippen LogP contribution is -2.52. The summed E-state index contributed by atoms with van der Waals surface area (Å²) in [5.74, 6) is 0. The van der Waals surface area contributed by atoms with Crippen LogP contribution in [0.5, 0.6) is 0 Å². The van der Waals surface area contributed by atoms with Crippen molar-refractivity contribution in [2.24, 2.45) is 4.99 Å². The Kier molecular flexibility index (Phi) is 4.81. The molecule has 4 nitrogen and oxygen atoms in total. The normalized spacial score (nSPS) is 36.5. The van der Waals surface area contributed by atoms with Gasteiger partial charge in [-0.25, -0.2) is 0 Å². The largest absolute Gasteiger partial charge is 0.343 e. The van der Waals surface area contributed by atoms with Crippen molar-refractivity contribution in [2.75, 3.05) is 6.54 Å². The molecule has 0 amide bonds. The zero-order chi connectivity index (χ0) is 13.8. The topological polar surface area (TPSA) is 58.1 Å². The summed E-state index contributed by atoms with van der Waals surface area (Å²) in [5.41, 5.74) is 0. The highest BCUT2D eigenvalue weighted by Crippen LogP contribution is 2.09. The second-order valence-corrected chi connectivity index (χ2v) is 3.12. The van der Waals surface area contributed by atoms with Gasteiger partial charge in [0, 0.05) is 19.1 Å². The van der Waals surface area contributed by atoms with E-state index in [1.807, 2.05) is 0 Å². The lowest BCUT2D eigenvalue weighted by Gasteiger charge is -2.35. The van der Waals surface area contributed by atoms with Crippen LogP contribution in [0.2, 0.25) is 1.41 Å². The van der Waals surface area contributed by atoms with Crippen LogP contribution in [-0.2, 0) is 0 Å². The number of nitrogens with one attached hydrogen (secondary N) is 1. The maximum absolute atomic E-state index is 8.42. The van der Waals surface area contributed by atoms with E-state index >= 15 is 0 Å². The molecule has 16 heavy (non-hydrogen) atoms. The van der Waals surface area contributed by atoms with Crippen molar-refractivity contribution in [2.45, 2.75) is 25.1 Å². The first-order chi connectivity index (χ1) is 8.44. The molecule has 2 unspecified atom stereocenters. The Morgan fingerprint density at radius 3 is 2.62 bits per heavy atom. The maximum Gasteiger partial charge on any atom is 0.126 e. The van der Waals surface area contributed by atoms with Crippen molar-refractivity contribution in [1.82, 2.24) is 16.4 Å². The molecule has 3 radical (unpaired) electrons. The Morgan fingerprint density at radius 1 is 1.38 bits per heavy atom. The first kappa shape index (κ1) is 9.81. The summed E-state index contributed by atoms with van der Waals surface area (Å²) in [6, 6.07) is 0. The highest BCUT2D eigenvalue weighted by Gasteiger charge is 2.20. The molecule has 0 aromatic rings. The number of aliphatic imine (C=N–C) groups is 1. The van der Waals surface area contributed by atoms with Gasteiger partial charge in [0.2, 0.25) is 0 Å². The SMILES string of the molecule is [2H]N1C([2H])(CC=C)N=CN(CC=C)C1([2H])CC=C.[N]. The van der Waals surface area contributed by atoms with Crippen LogP contribution in [-0.4, -0.2) is 30.1 Å². The predicted octanol–water partition coefficient (Wildman–Crippen LogP) is 1.43. The van der Waals surface area contributed by atoms with E-state index in [2.05, 4.69) is 24.7 Å². The van der Waals surface area contributed by atoms with Crippen LogP contribution in [0, 0.1) is 0 Å². The molecular weight excluding hydrogens is 200 g/mol. The Morgan fingerprint density at radius 2 is 2.06 bits per heavy atom. The van der Waals surface area contributed by atoms with E-state index in [1.165, 1.54) is 12.4 Å². The monoisotopic (exact) mass is 222 g/mol. The fourth-order valence-electron chi connectivity index (χ4n) is 1.26. The molecule has 2 atom stereocenters. The minimum absolute atomic E-state index is 0. The minimum Gasteiger partial charge on any atom is -0.343 e. The quantitative estimate of drug-likeness (QED) is 0.691. The average molecular weight is 222 g/mol. The first-order valence-electron chi connectivity index (χ1n) is 6.33. The van der Waals surface area contributed by atoms with Gasteiger partial charge in [-0.1, -0.05) is 18.2 Å². The van der Waals surface area contributed by atoms with Gasteiger partial charge in [-0.05, 0) is 6.42 Å². The van der Waals surface area contributed by atoms with E-state index in [-0.39, 0.29) is 19.0 Å². The molecule has 1 aliphatic heterocycles. The van der Waals surface area contributed by atoms with Gasteiger partial charge in [-0.2, -0.15) is 0 Å². The minimum atomic E-state index is -1.51. The van der Waals surface area contributed by atoms with Gasteiger partial charge in [-0.3, -0.25) is 10.3 Å². The Hall–Kier alpha value is -1.39. The molecule has 0 spiro atoms. The molecule has 1 N–H and O–H groups in total. The van der Waals surface area contributed by atoms with E-state index in [1.54, 1.807) is 17.1 Å². The standard InChI is InChI=1S/C12H19N3.N/c1-4-7-11-13-10-15(9-6-3)12(14-11)8-5-2;/h4-6,10-12,14H,1-3,7-9H2;/i11D,12D;/hD. The van der Waals surface area contributed by atoms with Gasteiger partial charge in [0.1, 0.15) is 7.55 Å². The molecule has 0 aromatic carbocycles. The van der Waals surface area contributed by atoms with Crippen molar-refractivity contribution in [3.05, 3.63) is 38.0 Å². The molecule has 0 saturated carbocycles. The van der Waals surface area contributed by atoms with Gasteiger partial charge in [0.15, 0.2) is 0 Å². The second kappa shape index (κ2) is 7.84. The fourth-order valence-corrected chi connectivity index (χ4v) is 1.26. The molecule has 0 fully saturated rings. The van der Waals surface area contributed by atoms with E-state index in [9.17, 15) is 0 Å². The first-order valence-corrected chi connectivity index (χ1v) is 4.88. The number of nitrogens with zero attached hydrogens (tertiary/aromatic N) is 3. The predicted molar refractivity (Wildman–Crippen MR) is 67.9 cm³/mol. The third kappa shape index (κ3) is 4.00. The maximum atomic E-state index is 8.42. The number of hydrogen-bond acceptors (Lipinski definition) is 3. The molecule has 0 aliphatic carbocycles. The van der Waals surface area contributed by atoms with Gasteiger partial charge in [0.05, 0.1) is 15.2 Å². The van der Waals surface area contributed by atoms with Gasteiger partial charge in [0.25, 0.3) is 0 Å². The van der Waals surface area contributed by atoms with Crippen LogP contribution in [0.4, 0.5) is 0 Å². The molecule has 0 bridgehead atoms. The summed E-state index contributed by atoms with van der Waals surface area (Å²) < 4.78 is 24.6. The van der Waals surface area contributed by atoms with Crippen LogP contribution in [0.1, 0.15) is 15.6 Å². The summed E-state index contributed by atoms with van der Waals surface area (Å²) in [6.07, 6.45) is 3.69. The van der Waals surface area contributed by atoms with Crippen molar-refractivity contribution >= 4 is 6.34 Å². The Labute approximate surface area is 102 Å². The number of hydrogen-bond donors (Lipinski definition) is 1. The Bertz CT molecular complexity index is 374. The summed E-state index contributed by atoms with van der Waals surface area (Å²) in [5, 5.41) is 0.882. The highest BCUT2D eigenvalue weighted by atomic mass is 15.3. The fraction of sp³-hybridized carbons (Fsp3) is 0.417. The van der Waals surface area contributed by atoms with E-state index in [4.69, 9.17) is 4.15 Å². The van der Waals surface area contributed by atoms with Crippen molar-refractivity contribution in [3.63, 3.8) is 0 Å².